The number of nitrogens with zero attached hydrogens (tertiary/aromatic N) is 3. The Kier molecular flexibility index (Phi) is 4.85. The molecule has 112 valence electrons. The molecule has 0 unspecified atom stereocenters. The molecule has 0 aliphatic heterocycles. The fourth-order valence-electron chi connectivity index (χ4n) is 1.73. The average Bonchev–Trinajstić information content (AvgIpc) is 3.00. The lowest BCUT2D eigenvalue weighted by Gasteiger charge is -2.23. The lowest BCUT2D eigenvalue weighted by atomic mass is 10.1. The van der Waals surface area contributed by atoms with E-state index >= 15 is 0 Å². The third-order valence-corrected chi connectivity index (χ3v) is 3.94. The summed E-state index contributed by atoms with van der Waals surface area (Å²) in [6.45, 7) is 6.73. The Bertz CT molecular complexity index is 580. The molecule has 0 spiro atoms. The molecule has 6 nitrogen and oxygen atoms in total. The third-order valence-electron chi connectivity index (χ3n) is 2.85. The van der Waals surface area contributed by atoms with Gasteiger partial charge in [-0.25, -0.2) is 4.98 Å². The van der Waals surface area contributed by atoms with Crippen molar-refractivity contribution in [3.05, 3.63) is 34.4 Å². The number of carbonyl (C=O) groups is 1. The van der Waals surface area contributed by atoms with Crippen molar-refractivity contribution in [1.29, 1.82) is 0 Å². The summed E-state index contributed by atoms with van der Waals surface area (Å²) in [5, 5.41) is 16.7. The van der Waals surface area contributed by atoms with Crippen LogP contribution in [0.3, 0.4) is 0 Å². The fraction of sp³-hybridized carbons (Fsp3) is 0.429. The number of nitrogens with one attached hydrogen (secondary N) is 2. The molecule has 21 heavy (non-hydrogen) atoms. The van der Waals surface area contributed by atoms with Gasteiger partial charge < -0.3 is 10.6 Å². The lowest BCUT2D eigenvalue weighted by molar-refractivity contribution is 0.0906. The normalized spacial score (nSPS) is 11.2. The van der Waals surface area contributed by atoms with Crippen LogP contribution in [0.1, 0.15) is 42.7 Å². The van der Waals surface area contributed by atoms with E-state index < -0.39 is 5.54 Å². The van der Waals surface area contributed by atoms with Crippen LogP contribution in [0, 0.1) is 0 Å². The van der Waals surface area contributed by atoms with Crippen LogP contribution in [0.15, 0.2) is 23.7 Å². The Balaban J connectivity index is 2.03. The number of rotatable bonds is 6. The van der Waals surface area contributed by atoms with E-state index in [1.165, 1.54) is 11.3 Å². The van der Waals surface area contributed by atoms with Gasteiger partial charge in [0.05, 0.1) is 5.54 Å². The summed E-state index contributed by atoms with van der Waals surface area (Å²) in [6.07, 6.45) is 2.73. The van der Waals surface area contributed by atoms with Crippen LogP contribution in [0.4, 0.5) is 5.82 Å². The van der Waals surface area contributed by atoms with Crippen LogP contribution >= 0.6 is 11.3 Å². The number of amides is 1. The molecule has 0 fully saturated rings. The molecule has 2 heterocycles. The van der Waals surface area contributed by atoms with Gasteiger partial charge in [0, 0.05) is 18.1 Å². The minimum Gasteiger partial charge on any atom is -0.369 e. The number of aromatic nitrogens is 3. The summed E-state index contributed by atoms with van der Waals surface area (Å²) >= 11 is 1.51. The molecule has 0 saturated heterocycles. The molecular weight excluding hydrogens is 286 g/mol. The highest BCUT2D eigenvalue weighted by atomic mass is 32.1. The Morgan fingerprint density at radius 2 is 2.14 bits per heavy atom. The Morgan fingerprint density at radius 3 is 2.71 bits per heavy atom. The van der Waals surface area contributed by atoms with E-state index in [-0.39, 0.29) is 5.91 Å². The SMILES string of the molecule is CCCNc1ccc(C(=O)NC(C)(C)c2nccs2)nn1. The zero-order valence-corrected chi connectivity index (χ0v) is 13.2. The predicted octanol–water partition coefficient (Wildman–Crippen LogP) is 2.42. The first-order valence-corrected chi connectivity index (χ1v) is 7.71. The number of hydrogen-bond donors (Lipinski definition) is 2. The molecular formula is C14H19N5OS. The third kappa shape index (κ3) is 3.98. The Hall–Kier alpha value is -2.02. The van der Waals surface area contributed by atoms with Crippen molar-refractivity contribution in [2.45, 2.75) is 32.7 Å². The van der Waals surface area contributed by atoms with Gasteiger partial charge in [-0.05, 0) is 32.4 Å². The highest BCUT2D eigenvalue weighted by Crippen LogP contribution is 2.22. The molecule has 7 heteroatoms. The summed E-state index contributed by atoms with van der Waals surface area (Å²) in [4.78, 5) is 16.5. The van der Waals surface area contributed by atoms with Crippen molar-refractivity contribution < 1.29 is 4.79 Å². The largest absolute Gasteiger partial charge is 0.369 e. The minimum absolute atomic E-state index is 0.259. The van der Waals surface area contributed by atoms with E-state index in [1.807, 2.05) is 19.2 Å². The molecule has 0 aliphatic carbocycles. The van der Waals surface area contributed by atoms with Gasteiger partial charge in [-0.1, -0.05) is 6.92 Å². The number of hydrogen-bond acceptors (Lipinski definition) is 6. The van der Waals surface area contributed by atoms with E-state index in [4.69, 9.17) is 0 Å². The molecule has 0 aliphatic rings. The lowest BCUT2D eigenvalue weighted by Crippen LogP contribution is -2.41. The van der Waals surface area contributed by atoms with Crippen LogP contribution in [-0.4, -0.2) is 27.6 Å². The van der Waals surface area contributed by atoms with Crippen molar-refractivity contribution in [3.8, 4) is 0 Å². The fourth-order valence-corrected chi connectivity index (χ4v) is 2.45. The summed E-state index contributed by atoms with van der Waals surface area (Å²) in [5.74, 6) is 0.414. The molecule has 0 radical (unpaired) electrons. The van der Waals surface area contributed by atoms with Gasteiger partial charge in [0.2, 0.25) is 0 Å². The molecule has 2 aromatic heterocycles. The second-order valence-corrected chi connectivity index (χ2v) is 6.04. The first-order chi connectivity index (χ1) is 10.0. The van der Waals surface area contributed by atoms with Crippen molar-refractivity contribution in [1.82, 2.24) is 20.5 Å². The smallest absolute Gasteiger partial charge is 0.272 e. The molecule has 0 saturated carbocycles. The van der Waals surface area contributed by atoms with Crippen molar-refractivity contribution in [2.24, 2.45) is 0 Å². The molecule has 0 bridgehead atoms. The number of carbonyl (C=O) groups excluding carboxylic acids is 1. The molecule has 0 aromatic carbocycles. The maximum absolute atomic E-state index is 12.2. The monoisotopic (exact) mass is 305 g/mol. The highest BCUT2D eigenvalue weighted by molar-refractivity contribution is 7.09. The van der Waals surface area contributed by atoms with E-state index in [2.05, 4.69) is 32.7 Å². The summed E-state index contributed by atoms with van der Waals surface area (Å²) < 4.78 is 0. The second-order valence-electron chi connectivity index (χ2n) is 5.15. The summed E-state index contributed by atoms with van der Waals surface area (Å²) in [5.41, 5.74) is -0.242. The van der Waals surface area contributed by atoms with E-state index in [0.29, 0.717) is 11.5 Å². The van der Waals surface area contributed by atoms with Gasteiger partial charge in [-0.15, -0.1) is 21.5 Å². The predicted molar refractivity (Wildman–Crippen MR) is 83.4 cm³/mol. The summed E-state index contributed by atoms with van der Waals surface area (Å²) in [6, 6.07) is 3.42. The van der Waals surface area contributed by atoms with Crippen LogP contribution < -0.4 is 10.6 Å². The second kappa shape index (κ2) is 6.62. The number of thiazole rings is 1. The Morgan fingerprint density at radius 1 is 1.33 bits per heavy atom. The molecule has 0 atom stereocenters. The van der Waals surface area contributed by atoms with Gasteiger partial charge in [0.15, 0.2) is 5.69 Å². The topological polar surface area (TPSA) is 79.8 Å². The molecule has 1 amide bonds. The standard InChI is InChI=1S/C14H19N5OS/c1-4-7-15-11-6-5-10(18-19-11)12(20)17-14(2,3)13-16-8-9-21-13/h5-6,8-9H,4,7H2,1-3H3,(H,15,19)(H,17,20). The maximum Gasteiger partial charge on any atom is 0.272 e. The van der Waals surface area contributed by atoms with Crippen LogP contribution in [0.5, 0.6) is 0 Å². The molecule has 2 N–H and O–H groups in total. The average molecular weight is 305 g/mol. The zero-order chi connectivity index (χ0) is 15.3. The molecule has 2 aromatic rings. The zero-order valence-electron chi connectivity index (χ0n) is 12.4. The van der Waals surface area contributed by atoms with Crippen molar-refractivity contribution in [2.75, 3.05) is 11.9 Å². The summed E-state index contributed by atoms with van der Waals surface area (Å²) in [7, 11) is 0. The van der Waals surface area contributed by atoms with Crippen LogP contribution in [-0.2, 0) is 5.54 Å². The minimum atomic E-state index is -0.536. The highest BCUT2D eigenvalue weighted by Gasteiger charge is 2.26. The molecule has 2 rings (SSSR count). The van der Waals surface area contributed by atoms with E-state index in [0.717, 1.165) is 18.0 Å². The Labute approximate surface area is 128 Å². The maximum atomic E-state index is 12.2. The van der Waals surface area contributed by atoms with Crippen LogP contribution in [0.25, 0.3) is 0 Å². The van der Waals surface area contributed by atoms with Gasteiger partial charge >= 0.3 is 0 Å². The van der Waals surface area contributed by atoms with Crippen molar-refractivity contribution in [3.63, 3.8) is 0 Å². The van der Waals surface area contributed by atoms with Gasteiger partial charge in [0.1, 0.15) is 10.8 Å². The first-order valence-electron chi connectivity index (χ1n) is 6.83. The first kappa shape index (κ1) is 15.4. The van der Waals surface area contributed by atoms with Gasteiger partial charge in [0.25, 0.3) is 5.91 Å². The van der Waals surface area contributed by atoms with Gasteiger partial charge in [-0.3, -0.25) is 4.79 Å². The van der Waals surface area contributed by atoms with Crippen molar-refractivity contribution >= 4 is 23.1 Å². The van der Waals surface area contributed by atoms with Gasteiger partial charge in [-0.2, -0.15) is 0 Å². The number of anilines is 1. The quantitative estimate of drug-likeness (QED) is 0.856. The van der Waals surface area contributed by atoms with Crippen LogP contribution in [0.2, 0.25) is 0 Å². The van der Waals surface area contributed by atoms with E-state index in [1.54, 1.807) is 18.3 Å². The van der Waals surface area contributed by atoms with E-state index in [9.17, 15) is 4.79 Å².